The molecule has 16 heavy (non-hydrogen) atoms. The quantitative estimate of drug-likeness (QED) is 0.824. The maximum atomic E-state index is 5.86. The maximum Gasteiger partial charge on any atom is 0.170 e. The second-order valence-corrected chi connectivity index (χ2v) is 3.86. The lowest BCUT2D eigenvalue weighted by Crippen LogP contribution is -1.89. The number of nitrogens with zero attached hydrogens (tertiary/aromatic N) is 2. The first-order chi connectivity index (χ1) is 7.70. The average molecular weight is 255 g/mol. The van der Waals surface area contributed by atoms with Gasteiger partial charge in [0, 0.05) is 5.56 Å². The Labute approximate surface area is 103 Å². The molecule has 0 bridgehead atoms. The van der Waals surface area contributed by atoms with Crippen molar-refractivity contribution in [2.24, 2.45) is 0 Å². The van der Waals surface area contributed by atoms with Gasteiger partial charge in [-0.05, 0) is 30.3 Å². The van der Waals surface area contributed by atoms with E-state index in [1.165, 1.54) is 0 Å². The minimum absolute atomic E-state index is 0.207. The number of methoxy groups -OCH3 is 1. The van der Waals surface area contributed by atoms with E-state index in [9.17, 15) is 0 Å². The van der Waals surface area contributed by atoms with Crippen molar-refractivity contribution in [3.63, 3.8) is 0 Å². The second kappa shape index (κ2) is 4.68. The highest BCUT2D eigenvalue weighted by Crippen LogP contribution is 2.25. The van der Waals surface area contributed by atoms with Gasteiger partial charge in [0.05, 0.1) is 17.8 Å². The lowest BCUT2D eigenvalue weighted by atomic mass is 10.1. The molecule has 3 nitrogen and oxygen atoms in total. The van der Waals surface area contributed by atoms with Crippen molar-refractivity contribution in [3.8, 4) is 17.0 Å². The van der Waals surface area contributed by atoms with Crippen LogP contribution in [-0.2, 0) is 0 Å². The van der Waals surface area contributed by atoms with Crippen LogP contribution in [0.2, 0.25) is 10.2 Å². The van der Waals surface area contributed by atoms with E-state index in [1.54, 1.807) is 13.2 Å². The summed E-state index contributed by atoms with van der Waals surface area (Å²) < 4.78 is 5.06. The highest BCUT2D eigenvalue weighted by molar-refractivity contribution is 6.41. The minimum atomic E-state index is 0.207. The van der Waals surface area contributed by atoms with Crippen LogP contribution in [0.25, 0.3) is 11.3 Å². The summed E-state index contributed by atoms with van der Waals surface area (Å²) >= 11 is 11.6. The Bertz CT molecular complexity index is 500. The van der Waals surface area contributed by atoms with Crippen LogP contribution in [0.5, 0.6) is 5.75 Å². The van der Waals surface area contributed by atoms with Gasteiger partial charge >= 0.3 is 0 Å². The summed E-state index contributed by atoms with van der Waals surface area (Å²) in [6, 6.07) is 9.14. The van der Waals surface area contributed by atoms with Crippen LogP contribution in [0.15, 0.2) is 30.3 Å². The molecule has 1 aromatic heterocycles. The fourth-order valence-electron chi connectivity index (χ4n) is 1.26. The van der Waals surface area contributed by atoms with Gasteiger partial charge in [-0.3, -0.25) is 0 Å². The van der Waals surface area contributed by atoms with Crippen LogP contribution in [0.3, 0.4) is 0 Å². The number of benzene rings is 1. The molecule has 5 heteroatoms. The van der Waals surface area contributed by atoms with Gasteiger partial charge in [0.25, 0.3) is 0 Å². The summed E-state index contributed by atoms with van der Waals surface area (Å²) in [6.45, 7) is 0. The summed E-state index contributed by atoms with van der Waals surface area (Å²) in [5, 5.41) is 8.31. The number of aromatic nitrogens is 2. The second-order valence-electron chi connectivity index (χ2n) is 3.10. The van der Waals surface area contributed by atoms with E-state index in [0.29, 0.717) is 10.7 Å². The predicted octanol–water partition coefficient (Wildman–Crippen LogP) is 3.46. The van der Waals surface area contributed by atoms with Crippen molar-refractivity contribution in [2.45, 2.75) is 0 Å². The molecule has 0 spiro atoms. The molecule has 0 fully saturated rings. The Kier molecular flexibility index (Phi) is 3.27. The van der Waals surface area contributed by atoms with Gasteiger partial charge in [-0.25, -0.2) is 0 Å². The molecule has 0 N–H and O–H groups in total. The van der Waals surface area contributed by atoms with Gasteiger partial charge in [0.15, 0.2) is 5.15 Å². The Morgan fingerprint density at radius 1 is 1.06 bits per heavy atom. The maximum absolute atomic E-state index is 5.86. The largest absolute Gasteiger partial charge is 0.497 e. The molecule has 0 saturated heterocycles. The van der Waals surface area contributed by atoms with Gasteiger partial charge in [-0.2, -0.15) is 0 Å². The summed E-state index contributed by atoms with van der Waals surface area (Å²) in [7, 11) is 1.62. The fraction of sp³-hybridized carbons (Fsp3) is 0.0909. The summed E-state index contributed by atoms with van der Waals surface area (Å²) in [6.07, 6.45) is 0. The zero-order chi connectivity index (χ0) is 11.5. The average Bonchev–Trinajstić information content (AvgIpc) is 2.33. The van der Waals surface area contributed by atoms with E-state index in [1.807, 2.05) is 24.3 Å². The van der Waals surface area contributed by atoms with Crippen molar-refractivity contribution in [2.75, 3.05) is 7.11 Å². The molecule has 0 atom stereocenters. The lowest BCUT2D eigenvalue weighted by molar-refractivity contribution is 0.415. The van der Waals surface area contributed by atoms with E-state index < -0.39 is 0 Å². The van der Waals surface area contributed by atoms with Crippen LogP contribution < -0.4 is 4.74 Å². The Hall–Kier alpha value is -1.32. The van der Waals surface area contributed by atoms with Crippen LogP contribution in [0.1, 0.15) is 0 Å². The molecular weight excluding hydrogens is 247 g/mol. The third kappa shape index (κ3) is 2.26. The van der Waals surface area contributed by atoms with Crippen molar-refractivity contribution in [1.82, 2.24) is 10.2 Å². The van der Waals surface area contributed by atoms with E-state index in [4.69, 9.17) is 27.9 Å². The molecule has 1 heterocycles. The highest BCUT2D eigenvalue weighted by atomic mass is 35.5. The van der Waals surface area contributed by atoms with Crippen LogP contribution >= 0.6 is 23.2 Å². The fourth-order valence-corrected chi connectivity index (χ4v) is 1.49. The molecule has 0 radical (unpaired) electrons. The Morgan fingerprint density at radius 3 is 2.31 bits per heavy atom. The molecular formula is C11H8Cl2N2O. The lowest BCUT2D eigenvalue weighted by Gasteiger charge is -2.03. The smallest absolute Gasteiger partial charge is 0.170 e. The molecule has 0 amide bonds. The van der Waals surface area contributed by atoms with Crippen molar-refractivity contribution < 1.29 is 4.74 Å². The molecule has 0 unspecified atom stereocenters. The molecule has 0 aliphatic carbocycles. The predicted molar refractivity (Wildman–Crippen MR) is 64.0 cm³/mol. The van der Waals surface area contributed by atoms with Gasteiger partial charge in [0.2, 0.25) is 0 Å². The van der Waals surface area contributed by atoms with Gasteiger partial charge in [-0.1, -0.05) is 23.2 Å². The number of rotatable bonds is 2. The third-order valence-corrected chi connectivity index (χ3v) is 2.76. The first-order valence-corrected chi connectivity index (χ1v) is 5.29. The molecule has 1 aromatic carbocycles. The van der Waals surface area contributed by atoms with Crippen LogP contribution in [0.4, 0.5) is 0 Å². The molecule has 0 aliphatic rings. The van der Waals surface area contributed by atoms with Crippen LogP contribution in [-0.4, -0.2) is 17.3 Å². The van der Waals surface area contributed by atoms with Crippen molar-refractivity contribution in [3.05, 3.63) is 40.5 Å². The number of halogens is 2. The number of hydrogen-bond donors (Lipinski definition) is 0. The van der Waals surface area contributed by atoms with Gasteiger partial charge < -0.3 is 4.74 Å². The van der Waals surface area contributed by atoms with Crippen molar-refractivity contribution >= 4 is 23.2 Å². The number of hydrogen-bond acceptors (Lipinski definition) is 3. The molecule has 0 saturated carbocycles. The van der Waals surface area contributed by atoms with Crippen LogP contribution in [0, 0.1) is 0 Å². The van der Waals surface area contributed by atoms with E-state index in [-0.39, 0.29) is 5.15 Å². The SMILES string of the molecule is COc1ccc(-c2cc(Cl)c(Cl)nn2)cc1. The summed E-state index contributed by atoms with van der Waals surface area (Å²) in [5.41, 5.74) is 1.59. The topological polar surface area (TPSA) is 35.0 Å². The van der Waals surface area contributed by atoms with Crippen molar-refractivity contribution in [1.29, 1.82) is 0 Å². The summed E-state index contributed by atoms with van der Waals surface area (Å²) in [4.78, 5) is 0. The molecule has 0 aliphatic heterocycles. The monoisotopic (exact) mass is 254 g/mol. The van der Waals surface area contributed by atoms with Gasteiger partial charge in [0.1, 0.15) is 5.75 Å². The molecule has 82 valence electrons. The normalized spacial score (nSPS) is 10.2. The number of ether oxygens (including phenoxy) is 1. The zero-order valence-electron chi connectivity index (χ0n) is 8.45. The first kappa shape index (κ1) is 11.2. The third-order valence-electron chi connectivity index (χ3n) is 2.09. The van der Waals surface area contributed by atoms with Gasteiger partial charge in [-0.15, -0.1) is 10.2 Å². The molecule has 2 aromatic rings. The first-order valence-electron chi connectivity index (χ1n) is 4.54. The zero-order valence-corrected chi connectivity index (χ0v) is 9.96. The summed E-state index contributed by atoms with van der Waals surface area (Å²) in [5.74, 6) is 0.789. The Morgan fingerprint density at radius 2 is 1.75 bits per heavy atom. The standard InChI is InChI=1S/C11H8Cl2N2O/c1-16-8-4-2-7(3-5-8)10-6-9(12)11(13)15-14-10/h2-6H,1H3. The van der Waals surface area contributed by atoms with E-state index >= 15 is 0 Å². The Balaban J connectivity index is 2.38. The van der Waals surface area contributed by atoms with E-state index in [0.717, 1.165) is 11.3 Å². The minimum Gasteiger partial charge on any atom is -0.497 e. The molecule has 2 rings (SSSR count). The highest BCUT2D eigenvalue weighted by Gasteiger charge is 2.05. The van der Waals surface area contributed by atoms with E-state index in [2.05, 4.69) is 10.2 Å².